The number of amides is 1. The van der Waals surface area contributed by atoms with E-state index in [1.807, 2.05) is 43.3 Å². The second-order valence-electron chi connectivity index (χ2n) is 8.70. The van der Waals surface area contributed by atoms with Crippen molar-refractivity contribution < 1.29 is 9.53 Å². The maximum absolute atomic E-state index is 13.4. The van der Waals surface area contributed by atoms with E-state index in [-0.39, 0.29) is 12.2 Å². The molecule has 0 unspecified atom stereocenters. The minimum absolute atomic E-state index is 0.179. The highest BCUT2D eigenvalue weighted by Crippen LogP contribution is 2.18. The number of morpholine rings is 1. The van der Waals surface area contributed by atoms with Crippen molar-refractivity contribution in [2.24, 2.45) is 0 Å². The molecule has 9 heteroatoms. The normalized spacial score (nSPS) is 14.1. The number of aromatic amines is 1. The fraction of sp³-hybridized carbons (Fsp3) is 0.346. The maximum Gasteiger partial charge on any atom is 0.276 e. The largest absolute Gasteiger partial charge is 0.379 e. The van der Waals surface area contributed by atoms with Crippen LogP contribution in [0.3, 0.4) is 0 Å². The second-order valence-corrected chi connectivity index (χ2v) is 9.14. The molecule has 1 fully saturated rings. The topological polar surface area (TPSA) is 90.6 Å². The number of nitrogens with zero attached hydrogens (tertiary/aromatic N) is 3. The standard InChI is InChI=1S/C26H28ClN5O3/c1-31(2)9-3-4-20-14-19(17-32-10-12-35-13-11-32)15-22-23(20)29-30-24(25(22)33)26(34)28-16-18-5-7-21(27)8-6-18/h5-8,14-15H,9-13,16-17H2,1-2H3,(H,28,34)(H,29,33). The van der Waals surface area contributed by atoms with Crippen LogP contribution in [0.4, 0.5) is 0 Å². The summed E-state index contributed by atoms with van der Waals surface area (Å²) >= 11 is 5.92. The number of hydrogen-bond donors (Lipinski definition) is 2. The third kappa shape index (κ3) is 6.47. The van der Waals surface area contributed by atoms with E-state index in [1.54, 1.807) is 12.1 Å². The summed E-state index contributed by atoms with van der Waals surface area (Å²) in [7, 11) is 3.89. The summed E-state index contributed by atoms with van der Waals surface area (Å²) in [6, 6.07) is 10.9. The Bertz CT molecular complexity index is 1320. The first-order valence-corrected chi connectivity index (χ1v) is 11.8. The van der Waals surface area contributed by atoms with Crippen molar-refractivity contribution in [1.29, 1.82) is 0 Å². The quantitative estimate of drug-likeness (QED) is 0.512. The predicted octanol–water partition coefficient (Wildman–Crippen LogP) is 2.25. The van der Waals surface area contributed by atoms with Gasteiger partial charge in [-0.1, -0.05) is 35.6 Å². The van der Waals surface area contributed by atoms with Crippen molar-refractivity contribution in [3.8, 4) is 11.8 Å². The van der Waals surface area contributed by atoms with Gasteiger partial charge in [-0.15, -0.1) is 0 Å². The first-order chi connectivity index (χ1) is 16.9. The van der Waals surface area contributed by atoms with Crippen LogP contribution in [0.1, 0.15) is 27.2 Å². The van der Waals surface area contributed by atoms with Crippen molar-refractivity contribution in [3.05, 3.63) is 74.0 Å². The molecule has 8 nitrogen and oxygen atoms in total. The highest BCUT2D eigenvalue weighted by Gasteiger charge is 2.18. The molecule has 0 saturated carbocycles. The Morgan fingerprint density at radius 1 is 1.20 bits per heavy atom. The van der Waals surface area contributed by atoms with Gasteiger partial charge in [-0.3, -0.25) is 24.5 Å². The van der Waals surface area contributed by atoms with Crippen molar-refractivity contribution >= 4 is 28.4 Å². The first kappa shape index (κ1) is 24.9. The molecule has 3 aromatic rings. The van der Waals surface area contributed by atoms with Crippen LogP contribution in [0.5, 0.6) is 0 Å². The minimum atomic E-state index is -0.540. The van der Waals surface area contributed by atoms with Gasteiger partial charge in [-0.05, 0) is 49.5 Å². The average Bonchev–Trinajstić information content (AvgIpc) is 2.84. The molecule has 4 rings (SSSR count). The Kier molecular flexibility index (Phi) is 8.16. The second kappa shape index (κ2) is 11.5. The van der Waals surface area contributed by atoms with E-state index in [0.29, 0.717) is 47.8 Å². The lowest BCUT2D eigenvalue weighted by Crippen LogP contribution is -2.35. The van der Waals surface area contributed by atoms with E-state index in [9.17, 15) is 9.59 Å². The van der Waals surface area contributed by atoms with Gasteiger partial charge in [-0.25, -0.2) is 0 Å². The molecule has 35 heavy (non-hydrogen) atoms. The molecule has 1 aromatic heterocycles. The molecule has 1 aliphatic heterocycles. The molecule has 0 aliphatic carbocycles. The number of H-pyrrole nitrogens is 1. The Labute approximate surface area is 209 Å². The Morgan fingerprint density at radius 2 is 1.94 bits per heavy atom. The summed E-state index contributed by atoms with van der Waals surface area (Å²) in [6.45, 7) is 4.53. The van der Waals surface area contributed by atoms with Crippen molar-refractivity contribution in [3.63, 3.8) is 0 Å². The lowest BCUT2D eigenvalue weighted by atomic mass is 10.0. The number of carbonyl (C=O) groups is 1. The van der Waals surface area contributed by atoms with Crippen LogP contribution in [0.15, 0.2) is 41.2 Å². The van der Waals surface area contributed by atoms with Crippen molar-refractivity contribution in [1.82, 2.24) is 25.3 Å². The lowest BCUT2D eigenvalue weighted by molar-refractivity contribution is 0.0342. The Balaban J connectivity index is 1.66. The number of benzene rings is 2. The molecule has 182 valence electrons. The van der Waals surface area contributed by atoms with E-state index in [0.717, 1.165) is 24.2 Å². The molecule has 2 aromatic carbocycles. The van der Waals surface area contributed by atoms with Crippen molar-refractivity contribution in [2.45, 2.75) is 13.1 Å². The molecule has 0 atom stereocenters. The van der Waals surface area contributed by atoms with Crippen LogP contribution in [-0.2, 0) is 17.8 Å². The van der Waals surface area contributed by atoms with Crippen LogP contribution in [0.2, 0.25) is 5.02 Å². The SMILES string of the molecule is CN(C)CC#Cc1cc(CN2CCOCC2)cc2c(=O)c(C(=O)NCc3ccc(Cl)cc3)n[nH]c12. The lowest BCUT2D eigenvalue weighted by Gasteiger charge is -2.26. The zero-order valence-corrected chi connectivity index (χ0v) is 20.6. The summed E-state index contributed by atoms with van der Waals surface area (Å²) in [5.41, 5.74) is 2.43. The fourth-order valence-corrected chi connectivity index (χ4v) is 3.94. The molecule has 2 N–H and O–H groups in total. The van der Waals surface area contributed by atoms with Crippen LogP contribution in [0.25, 0.3) is 10.9 Å². The smallest absolute Gasteiger partial charge is 0.276 e. The maximum atomic E-state index is 13.4. The molecule has 0 spiro atoms. The third-order valence-corrected chi connectivity index (χ3v) is 5.90. The number of carbonyl (C=O) groups excluding carboxylic acids is 1. The molecule has 1 aliphatic rings. The van der Waals surface area contributed by atoms with E-state index in [1.165, 1.54) is 0 Å². The molecule has 1 saturated heterocycles. The van der Waals surface area contributed by atoms with E-state index in [4.69, 9.17) is 16.3 Å². The summed E-state index contributed by atoms with van der Waals surface area (Å²) in [5, 5.41) is 10.8. The Hall–Kier alpha value is -3.22. The molecule has 2 heterocycles. The summed E-state index contributed by atoms with van der Waals surface area (Å²) in [5.74, 6) is 5.75. The van der Waals surface area contributed by atoms with Crippen LogP contribution >= 0.6 is 11.6 Å². The highest BCUT2D eigenvalue weighted by atomic mass is 35.5. The Morgan fingerprint density at radius 3 is 2.66 bits per heavy atom. The molecule has 0 radical (unpaired) electrons. The molecule has 1 amide bonds. The number of ether oxygens (including phenoxy) is 1. The van der Waals surface area contributed by atoms with Gasteiger partial charge in [0.1, 0.15) is 0 Å². The van der Waals surface area contributed by atoms with Gasteiger partial charge < -0.3 is 10.1 Å². The number of halogens is 1. The van der Waals surface area contributed by atoms with E-state index in [2.05, 4.69) is 32.3 Å². The summed E-state index contributed by atoms with van der Waals surface area (Å²) < 4.78 is 5.45. The van der Waals surface area contributed by atoms with Crippen LogP contribution in [0, 0.1) is 11.8 Å². The van der Waals surface area contributed by atoms with Gasteiger partial charge in [0.2, 0.25) is 5.43 Å². The van der Waals surface area contributed by atoms with Gasteiger partial charge >= 0.3 is 0 Å². The van der Waals surface area contributed by atoms with E-state index >= 15 is 0 Å². The number of nitrogens with one attached hydrogen (secondary N) is 2. The highest BCUT2D eigenvalue weighted by molar-refractivity contribution is 6.30. The molecular formula is C26H28ClN5O3. The molecular weight excluding hydrogens is 466 g/mol. The van der Waals surface area contributed by atoms with Gasteiger partial charge in [0, 0.05) is 31.2 Å². The zero-order valence-electron chi connectivity index (χ0n) is 19.9. The monoisotopic (exact) mass is 493 g/mol. The first-order valence-electron chi connectivity index (χ1n) is 11.4. The summed E-state index contributed by atoms with van der Waals surface area (Å²) in [4.78, 5) is 30.4. The van der Waals surface area contributed by atoms with Gasteiger partial charge in [-0.2, -0.15) is 5.10 Å². The fourth-order valence-electron chi connectivity index (χ4n) is 3.81. The predicted molar refractivity (Wildman–Crippen MR) is 137 cm³/mol. The van der Waals surface area contributed by atoms with Gasteiger partial charge in [0.05, 0.1) is 36.2 Å². The van der Waals surface area contributed by atoms with Crippen LogP contribution in [-0.4, -0.2) is 72.8 Å². The molecule has 0 bridgehead atoms. The van der Waals surface area contributed by atoms with Crippen LogP contribution < -0.4 is 10.7 Å². The number of hydrogen-bond acceptors (Lipinski definition) is 6. The van der Waals surface area contributed by atoms with E-state index < -0.39 is 11.3 Å². The average molecular weight is 494 g/mol. The zero-order chi connectivity index (χ0) is 24.8. The van der Waals surface area contributed by atoms with Crippen molar-refractivity contribution in [2.75, 3.05) is 46.9 Å². The number of fused-ring (bicyclic) bond motifs is 1. The van der Waals surface area contributed by atoms with Gasteiger partial charge in [0.15, 0.2) is 5.69 Å². The third-order valence-electron chi connectivity index (χ3n) is 5.65. The number of aromatic nitrogens is 2. The number of rotatable bonds is 6. The minimum Gasteiger partial charge on any atom is -0.379 e. The van der Waals surface area contributed by atoms with Gasteiger partial charge in [0.25, 0.3) is 5.91 Å². The summed E-state index contributed by atoms with van der Waals surface area (Å²) in [6.07, 6.45) is 0.